The van der Waals surface area contributed by atoms with Crippen LogP contribution in [0.1, 0.15) is 44.9 Å². The first-order valence-electron chi connectivity index (χ1n) is 14.3. The van der Waals surface area contributed by atoms with Gasteiger partial charge < -0.3 is 45.6 Å². The van der Waals surface area contributed by atoms with Gasteiger partial charge in [-0.15, -0.1) is 0 Å². The van der Waals surface area contributed by atoms with E-state index in [4.69, 9.17) is 45.6 Å². The molecule has 6 saturated heterocycles. The van der Waals surface area contributed by atoms with Crippen molar-refractivity contribution in [2.24, 2.45) is 44.8 Å². The lowest BCUT2D eigenvalue weighted by Gasteiger charge is -2.70. The standard InChI is InChI=1S/C27H39N3O9/c28-21(31)26(22(29)32)2-14(1-15-8-34-15)24(3-16-9-35-16,4-17-10-36-17)25(5-18-11-37-18,6-19-12-38-19)27(26,23(30)33)7-20-13-39-20/h14-20H,1-13H2,(H2,28,31)(H2,29,32)(H2,30,33). The normalized spacial score (nSPS) is 48.2. The number of hydrogen-bond donors (Lipinski definition) is 3. The smallest absolute Gasteiger partial charge is 0.234 e. The molecule has 1 saturated carbocycles. The van der Waals surface area contributed by atoms with Gasteiger partial charge in [0, 0.05) is 0 Å². The van der Waals surface area contributed by atoms with Crippen LogP contribution in [0.15, 0.2) is 0 Å². The van der Waals surface area contributed by atoms with Crippen LogP contribution < -0.4 is 17.2 Å². The summed E-state index contributed by atoms with van der Waals surface area (Å²) in [5, 5.41) is 0. The lowest BCUT2D eigenvalue weighted by atomic mass is 9.30. The van der Waals surface area contributed by atoms with E-state index in [1.165, 1.54) is 0 Å². The van der Waals surface area contributed by atoms with Crippen LogP contribution in [0, 0.1) is 27.6 Å². The highest BCUT2D eigenvalue weighted by Gasteiger charge is 2.82. The largest absolute Gasteiger partial charge is 0.373 e. The molecule has 39 heavy (non-hydrogen) atoms. The summed E-state index contributed by atoms with van der Waals surface area (Å²) in [5.41, 5.74) is 13.5. The van der Waals surface area contributed by atoms with Crippen molar-refractivity contribution in [3.63, 3.8) is 0 Å². The molecule has 0 spiro atoms. The van der Waals surface area contributed by atoms with E-state index >= 15 is 0 Å². The van der Waals surface area contributed by atoms with Crippen molar-refractivity contribution in [1.82, 2.24) is 0 Å². The van der Waals surface area contributed by atoms with Gasteiger partial charge in [0.2, 0.25) is 17.7 Å². The van der Waals surface area contributed by atoms with E-state index in [9.17, 15) is 14.4 Å². The topological polar surface area (TPSA) is 204 Å². The lowest BCUT2D eigenvalue weighted by molar-refractivity contribution is -0.242. The first-order chi connectivity index (χ1) is 18.7. The molecule has 0 bridgehead atoms. The van der Waals surface area contributed by atoms with Gasteiger partial charge in [-0.25, -0.2) is 0 Å². The van der Waals surface area contributed by atoms with Gasteiger partial charge in [0.05, 0.1) is 81.7 Å². The zero-order valence-electron chi connectivity index (χ0n) is 22.1. The number of epoxide rings is 6. The van der Waals surface area contributed by atoms with Crippen molar-refractivity contribution < 1.29 is 42.8 Å². The van der Waals surface area contributed by atoms with Gasteiger partial charge in [0.1, 0.15) is 5.41 Å². The Morgan fingerprint density at radius 1 is 0.564 bits per heavy atom. The molecule has 6 aliphatic heterocycles. The highest BCUT2D eigenvalue weighted by Crippen LogP contribution is 2.78. The Morgan fingerprint density at radius 2 is 0.949 bits per heavy atom. The van der Waals surface area contributed by atoms with Crippen LogP contribution in [-0.2, 0) is 42.8 Å². The number of nitrogens with two attached hydrogens (primary N) is 3. The summed E-state index contributed by atoms with van der Waals surface area (Å²) in [7, 11) is 0. The Kier molecular flexibility index (Phi) is 5.91. The SMILES string of the molecule is NC(=O)C1(C(N)=O)CC(CC2CO2)C(CC2CO2)(CC2CO2)C(CC2CO2)(CC2CO2)C1(CC1CO1)C(N)=O. The monoisotopic (exact) mass is 549 g/mol. The number of amides is 3. The van der Waals surface area contributed by atoms with Crippen molar-refractivity contribution >= 4 is 17.7 Å². The Hall–Kier alpha value is -1.83. The van der Waals surface area contributed by atoms with E-state index in [0.29, 0.717) is 71.7 Å². The summed E-state index contributed by atoms with van der Waals surface area (Å²) >= 11 is 0. The van der Waals surface area contributed by atoms with Crippen LogP contribution in [0.25, 0.3) is 0 Å². The fourth-order valence-electron chi connectivity index (χ4n) is 8.96. The van der Waals surface area contributed by atoms with Crippen molar-refractivity contribution in [3.05, 3.63) is 0 Å². The van der Waals surface area contributed by atoms with Gasteiger partial charge in [-0.1, -0.05) is 0 Å². The summed E-state index contributed by atoms with van der Waals surface area (Å²) in [4.78, 5) is 41.9. The molecular weight excluding hydrogens is 510 g/mol. The second kappa shape index (κ2) is 8.83. The zero-order chi connectivity index (χ0) is 27.2. The number of hydrogen-bond acceptors (Lipinski definition) is 9. The minimum absolute atomic E-state index is 0.00651. The van der Waals surface area contributed by atoms with Gasteiger partial charge in [0.15, 0.2) is 0 Å². The van der Waals surface area contributed by atoms with Gasteiger partial charge >= 0.3 is 0 Å². The number of rotatable bonds is 15. The average Bonchev–Trinajstić information content (AvgIpc) is 3.66. The molecule has 0 aromatic heterocycles. The van der Waals surface area contributed by atoms with Gasteiger partial charge in [0.25, 0.3) is 0 Å². The van der Waals surface area contributed by atoms with Crippen LogP contribution in [0.3, 0.4) is 0 Å². The molecule has 8 atom stereocenters. The third-order valence-corrected chi connectivity index (χ3v) is 10.9. The maximum atomic E-state index is 14.3. The molecule has 6 heterocycles. The molecule has 6 N–H and O–H groups in total. The predicted octanol–water partition coefficient (Wildman–Crippen LogP) is -0.859. The predicted molar refractivity (Wildman–Crippen MR) is 132 cm³/mol. The number of ether oxygens (including phenoxy) is 6. The Morgan fingerprint density at radius 3 is 1.31 bits per heavy atom. The Labute approximate surface area is 226 Å². The van der Waals surface area contributed by atoms with Crippen LogP contribution in [0.5, 0.6) is 0 Å². The maximum absolute atomic E-state index is 14.3. The third kappa shape index (κ3) is 4.13. The molecular formula is C27H39N3O9. The third-order valence-electron chi connectivity index (χ3n) is 10.9. The summed E-state index contributed by atoms with van der Waals surface area (Å²) in [5.74, 6) is -2.79. The zero-order valence-corrected chi connectivity index (χ0v) is 22.1. The molecule has 7 rings (SSSR count). The van der Waals surface area contributed by atoms with Gasteiger partial charge in [-0.2, -0.15) is 0 Å². The quantitative estimate of drug-likeness (QED) is 0.171. The number of primary amides is 3. The molecule has 1 aliphatic carbocycles. The fourth-order valence-corrected chi connectivity index (χ4v) is 8.96. The van der Waals surface area contributed by atoms with Crippen molar-refractivity contribution in [3.8, 4) is 0 Å². The molecule has 12 heteroatoms. The van der Waals surface area contributed by atoms with E-state index in [2.05, 4.69) is 0 Å². The minimum atomic E-state index is -2.02. The summed E-state index contributed by atoms with van der Waals surface area (Å²) in [6.45, 7) is 3.28. The van der Waals surface area contributed by atoms with E-state index in [1.54, 1.807) is 0 Å². The molecule has 7 fully saturated rings. The molecule has 0 radical (unpaired) electrons. The van der Waals surface area contributed by atoms with Crippen LogP contribution in [0.2, 0.25) is 0 Å². The molecule has 0 aromatic carbocycles. The van der Waals surface area contributed by atoms with Crippen molar-refractivity contribution in [1.29, 1.82) is 0 Å². The fraction of sp³-hybridized carbons (Fsp3) is 0.889. The highest BCUT2D eigenvalue weighted by atomic mass is 16.6. The van der Waals surface area contributed by atoms with Gasteiger partial charge in [-0.3, -0.25) is 14.4 Å². The molecule has 8 unspecified atom stereocenters. The van der Waals surface area contributed by atoms with Crippen LogP contribution in [-0.4, -0.2) is 94.0 Å². The Bertz CT molecular complexity index is 1000. The average molecular weight is 550 g/mol. The van der Waals surface area contributed by atoms with Crippen molar-refractivity contribution in [2.75, 3.05) is 39.6 Å². The number of carbonyl (C=O) groups is 3. The van der Waals surface area contributed by atoms with Crippen LogP contribution in [0.4, 0.5) is 0 Å². The lowest BCUT2D eigenvalue weighted by Crippen LogP contribution is -2.77. The minimum Gasteiger partial charge on any atom is -0.373 e. The summed E-state index contributed by atoms with van der Waals surface area (Å²) in [6.07, 6.45) is 2.15. The summed E-state index contributed by atoms with van der Waals surface area (Å²) in [6, 6.07) is 0. The molecule has 0 aromatic rings. The molecule has 216 valence electrons. The molecule has 3 amide bonds. The Balaban J connectivity index is 1.53. The first kappa shape index (κ1) is 26.1. The van der Waals surface area contributed by atoms with E-state index in [0.717, 1.165) is 0 Å². The van der Waals surface area contributed by atoms with E-state index in [-0.39, 0.29) is 55.4 Å². The van der Waals surface area contributed by atoms with E-state index < -0.39 is 39.4 Å². The summed E-state index contributed by atoms with van der Waals surface area (Å²) < 4.78 is 34.8. The van der Waals surface area contributed by atoms with Gasteiger partial charge in [-0.05, 0) is 61.7 Å². The molecule has 7 aliphatic rings. The second-order valence-corrected chi connectivity index (χ2v) is 13.0. The first-order valence-corrected chi connectivity index (χ1v) is 14.3. The maximum Gasteiger partial charge on any atom is 0.234 e. The number of carbonyl (C=O) groups excluding carboxylic acids is 3. The van der Waals surface area contributed by atoms with Crippen LogP contribution >= 0.6 is 0 Å². The second-order valence-electron chi connectivity index (χ2n) is 13.0. The van der Waals surface area contributed by atoms with Crippen molar-refractivity contribution in [2.45, 2.75) is 81.6 Å². The van der Waals surface area contributed by atoms with E-state index in [1.807, 2.05) is 0 Å². The molecule has 12 nitrogen and oxygen atoms in total. The highest BCUT2D eigenvalue weighted by molar-refractivity contribution is 6.10.